The Kier molecular flexibility index (Phi) is 40.8. The van der Waals surface area contributed by atoms with Crippen LogP contribution in [0.2, 0.25) is 0 Å². The molecule has 1 aliphatic carbocycles. The van der Waals surface area contributed by atoms with Crippen LogP contribution in [0.1, 0.15) is 259 Å². The van der Waals surface area contributed by atoms with Gasteiger partial charge in [0.2, 0.25) is 0 Å². The van der Waals surface area contributed by atoms with E-state index in [4.69, 9.17) is 9.47 Å². The minimum Gasteiger partial charge on any atom is -0.465 e. The highest BCUT2D eigenvalue weighted by molar-refractivity contribution is 5.69. The van der Waals surface area contributed by atoms with Gasteiger partial charge in [0.1, 0.15) is 0 Å². The van der Waals surface area contributed by atoms with Crippen LogP contribution in [0.15, 0.2) is 0 Å². The van der Waals surface area contributed by atoms with Crippen molar-refractivity contribution in [3.63, 3.8) is 0 Å². The normalized spacial score (nSPS) is 14.2. The zero-order chi connectivity index (χ0) is 43.6. The third-order valence-electron chi connectivity index (χ3n) is 13.4. The lowest BCUT2D eigenvalue weighted by Gasteiger charge is -2.38. The van der Waals surface area contributed by atoms with Crippen molar-refractivity contribution in [3.05, 3.63) is 0 Å². The molecule has 0 radical (unpaired) electrons. The summed E-state index contributed by atoms with van der Waals surface area (Å²) in [6, 6.07) is 0.680. The number of hydrogen-bond acceptors (Lipinski definition) is 7. The summed E-state index contributed by atoms with van der Waals surface area (Å²) in [5.74, 6) is 1.02. The molecule has 60 heavy (non-hydrogen) atoms. The minimum absolute atomic E-state index is 0.00721. The molecule has 0 aliphatic heterocycles. The molecule has 7 heteroatoms. The van der Waals surface area contributed by atoms with Gasteiger partial charge in [-0.05, 0) is 95.6 Å². The van der Waals surface area contributed by atoms with Gasteiger partial charge in [0.15, 0.2) is 0 Å². The predicted molar refractivity (Wildman–Crippen MR) is 257 cm³/mol. The SMILES string of the molecule is CCCCCCCCC(CCCCCC)COC(=O)CCCCCN(CCCCCC(=O)OCC(CCCCCC)CCCCCCCC)CCN(CCCO)C1CCC1. The maximum Gasteiger partial charge on any atom is 0.305 e. The number of esters is 2. The first-order chi connectivity index (χ1) is 29.5. The molecule has 0 aromatic rings. The Hall–Kier alpha value is -1.18. The molecule has 356 valence electrons. The van der Waals surface area contributed by atoms with E-state index in [1.54, 1.807) is 0 Å². The van der Waals surface area contributed by atoms with Crippen molar-refractivity contribution in [2.75, 3.05) is 52.5 Å². The molecule has 1 saturated carbocycles. The van der Waals surface area contributed by atoms with Crippen molar-refractivity contribution in [1.29, 1.82) is 0 Å². The largest absolute Gasteiger partial charge is 0.465 e. The molecule has 0 heterocycles. The van der Waals surface area contributed by atoms with Crippen molar-refractivity contribution in [1.82, 2.24) is 9.80 Å². The van der Waals surface area contributed by atoms with E-state index in [9.17, 15) is 14.7 Å². The Morgan fingerprint density at radius 3 is 1.23 bits per heavy atom. The smallest absolute Gasteiger partial charge is 0.305 e. The Bertz CT molecular complexity index is 871. The molecule has 0 amide bonds. The van der Waals surface area contributed by atoms with E-state index in [2.05, 4.69) is 37.5 Å². The van der Waals surface area contributed by atoms with Crippen molar-refractivity contribution >= 4 is 11.9 Å². The van der Waals surface area contributed by atoms with E-state index in [-0.39, 0.29) is 18.5 Å². The summed E-state index contributed by atoms with van der Waals surface area (Å²) < 4.78 is 11.8. The first kappa shape index (κ1) is 56.8. The summed E-state index contributed by atoms with van der Waals surface area (Å²) in [6.07, 6.45) is 42.7. The second-order valence-corrected chi connectivity index (χ2v) is 19.1. The van der Waals surface area contributed by atoms with E-state index in [1.165, 1.54) is 173 Å². The van der Waals surface area contributed by atoms with Crippen LogP contribution < -0.4 is 0 Å². The fourth-order valence-corrected chi connectivity index (χ4v) is 9.01. The van der Waals surface area contributed by atoms with Gasteiger partial charge in [0.25, 0.3) is 0 Å². The van der Waals surface area contributed by atoms with Gasteiger partial charge in [0, 0.05) is 45.1 Å². The maximum absolute atomic E-state index is 12.8. The monoisotopic (exact) mass is 849 g/mol. The summed E-state index contributed by atoms with van der Waals surface area (Å²) in [5.41, 5.74) is 0. The van der Waals surface area contributed by atoms with Crippen molar-refractivity contribution < 1.29 is 24.2 Å². The summed E-state index contributed by atoms with van der Waals surface area (Å²) >= 11 is 0. The van der Waals surface area contributed by atoms with E-state index < -0.39 is 0 Å². The molecule has 0 bridgehead atoms. The molecule has 0 saturated heterocycles. The van der Waals surface area contributed by atoms with Gasteiger partial charge in [-0.15, -0.1) is 0 Å². The lowest BCUT2D eigenvalue weighted by Crippen LogP contribution is -2.45. The van der Waals surface area contributed by atoms with Crippen LogP contribution in [0, 0.1) is 11.8 Å². The number of carbonyl (C=O) groups excluding carboxylic acids is 2. The van der Waals surface area contributed by atoms with E-state index >= 15 is 0 Å². The molecule has 0 aromatic carbocycles. The quantitative estimate of drug-likeness (QED) is 0.0483. The predicted octanol–water partition coefficient (Wildman–Crippen LogP) is 14.4. The highest BCUT2D eigenvalue weighted by Crippen LogP contribution is 2.25. The van der Waals surface area contributed by atoms with Crippen molar-refractivity contribution in [3.8, 4) is 0 Å². The van der Waals surface area contributed by atoms with Crippen LogP contribution in [0.3, 0.4) is 0 Å². The van der Waals surface area contributed by atoms with Gasteiger partial charge >= 0.3 is 11.9 Å². The van der Waals surface area contributed by atoms with Gasteiger partial charge in [0.05, 0.1) is 13.2 Å². The van der Waals surface area contributed by atoms with Gasteiger partial charge in [-0.3, -0.25) is 14.5 Å². The molecule has 0 spiro atoms. The number of aliphatic hydroxyl groups is 1. The average Bonchev–Trinajstić information content (AvgIpc) is 3.23. The summed E-state index contributed by atoms with van der Waals surface area (Å²) in [4.78, 5) is 30.9. The fraction of sp³-hybridized carbons (Fsp3) is 0.962. The number of rotatable bonds is 47. The number of carbonyl (C=O) groups is 2. The van der Waals surface area contributed by atoms with Crippen LogP contribution in [0.5, 0.6) is 0 Å². The molecule has 1 aliphatic rings. The molecule has 2 atom stereocenters. The highest BCUT2D eigenvalue weighted by Gasteiger charge is 2.25. The second-order valence-electron chi connectivity index (χ2n) is 19.1. The number of ether oxygens (including phenoxy) is 2. The van der Waals surface area contributed by atoms with Gasteiger partial charge < -0.3 is 19.5 Å². The fourth-order valence-electron chi connectivity index (χ4n) is 9.01. The standard InChI is InChI=1S/C53H104N2O5/c1-5-9-13-17-19-25-35-49(33-23-15-11-7-3)47-59-52(57)39-27-21-29-41-54(44-45-55(43-32-46-56)51-37-31-38-51)42-30-22-28-40-53(58)60-48-50(34-24-16-12-8-4)36-26-20-18-14-10-6-2/h49-51,56H,5-48H2,1-4H3. The van der Waals surface area contributed by atoms with Crippen LogP contribution in [-0.4, -0.2) is 85.4 Å². The van der Waals surface area contributed by atoms with Crippen molar-refractivity contribution in [2.24, 2.45) is 11.8 Å². The third kappa shape index (κ3) is 34.3. The summed E-state index contributed by atoms with van der Waals surface area (Å²) in [7, 11) is 0. The third-order valence-corrected chi connectivity index (χ3v) is 13.4. The molecular formula is C53H104N2O5. The van der Waals surface area contributed by atoms with E-state index in [0.717, 1.165) is 77.7 Å². The molecule has 7 nitrogen and oxygen atoms in total. The van der Waals surface area contributed by atoms with Crippen LogP contribution >= 0.6 is 0 Å². The Balaban J connectivity index is 2.51. The Morgan fingerprint density at radius 1 is 0.467 bits per heavy atom. The van der Waals surface area contributed by atoms with Crippen LogP contribution in [-0.2, 0) is 19.1 Å². The summed E-state index contributed by atoms with van der Waals surface area (Å²) in [6.45, 7) is 15.7. The first-order valence-corrected chi connectivity index (χ1v) is 26.9. The summed E-state index contributed by atoms with van der Waals surface area (Å²) in [5, 5.41) is 9.53. The Labute approximate surface area is 374 Å². The van der Waals surface area contributed by atoms with E-state index in [1.807, 2.05) is 0 Å². The highest BCUT2D eigenvalue weighted by atomic mass is 16.5. The molecule has 0 aromatic heterocycles. The second kappa shape index (κ2) is 43.1. The molecule has 2 unspecified atom stereocenters. The zero-order valence-electron chi connectivity index (χ0n) is 40.8. The average molecular weight is 849 g/mol. The molecule has 1 N–H and O–H groups in total. The van der Waals surface area contributed by atoms with Gasteiger partial charge in [-0.25, -0.2) is 0 Å². The van der Waals surface area contributed by atoms with Crippen LogP contribution in [0.4, 0.5) is 0 Å². The topological polar surface area (TPSA) is 79.3 Å². The number of aliphatic hydroxyl groups excluding tert-OH is 1. The number of nitrogens with zero attached hydrogens (tertiary/aromatic N) is 2. The minimum atomic E-state index is -0.00721. The maximum atomic E-state index is 12.8. The molecule has 1 fully saturated rings. The zero-order valence-corrected chi connectivity index (χ0v) is 40.8. The molecule has 1 rings (SSSR count). The lowest BCUT2D eigenvalue weighted by molar-refractivity contribution is -0.146. The van der Waals surface area contributed by atoms with Crippen molar-refractivity contribution in [2.45, 2.75) is 265 Å². The number of hydrogen-bond donors (Lipinski definition) is 1. The van der Waals surface area contributed by atoms with Gasteiger partial charge in [-0.1, -0.05) is 175 Å². The lowest BCUT2D eigenvalue weighted by atomic mass is 9.91. The van der Waals surface area contributed by atoms with Gasteiger partial charge in [-0.2, -0.15) is 0 Å². The van der Waals surface area contributed by atoms with E-state index in [0.29, 0.717) is 43.9 Å². The van der Waals surface area contributed by atoms with Crippen LogP contribution in [0.25, 0.3) is 0 Å². The Morgan fingerprint density at radius 2 is 0.850 bits per heavy atom. The first-order valence-electron chi connectivity index (χ1n) is 26.9. The number of unbranched alkanes of at least 4 members (excludes halogenated alkanes) is 20. The molecular weight excluding hydrogens is 745 g/mol.